The zero-order chi connectivity index (χ0) is 15.7. The zero-order valence-electron chi connectivity index (χ0n) is 11.1. The summed E-state index contributed by atoms with van der Waals surface area (Å²) in [6, 6.07) is 14.3. The zero-order valence-corrected chi connectivity index (χ0v) is 11.1. The van der Waals surface area contributed by atoms with E-state index < -0.39 is 10.9 Å². The molecule has 22 heavy (non-hydrogen) atoms. The van der Waals surface area contributed by atoms with Gasteiger partial charge in [-0.3, -0.25) is 10.1 Å². The topological polar surface area (TPSA) is 93.2 Å². The van der Waals surface area contributed by atoms with Crippen LogP contribution in [0.2, 0.25) is 0 Å². The second kappa shape index (κ2) is 5.14. The Hall–Kier alpha value is -3.46. The van der Waals surface area contributed by atoms with Crippen molar-refractivity contribution < 1.29 is 14.5 Å². The van der Waals surface area contributed by atoms with E-state index in [4.69, 9.17) is 4.74 Å². The molecule has 3 rings (SSSR count). The third kappa shape index (κ3) is 2.11. The fourth-order valence-electron chi connectivity index (χ4n) is 2.24. The van der Waals surface area contributed by atoms with E-state index in [1.54, 1.807) is 24.3 Å². The molecule has 2 aromatic carbocycles. The van der Waals surface area contributed by atoms with E-state index in [1.807, 2.05) is 6.07 Å². The smallest absolute Gasteiger partial charge is 0.344 e. The van der Waals surface area contributed by atoms with Gasteiger partial charge in [-0.25, -0.2) is 4.79 Å². The van der Waals surface area contributed by atoms with Gasteiger partial charge in [-0.2, -0.15) is 5.26 Å². The molecule has 0 saturated heterocycles. The Labute approximate surface area is 125 Å². The highest BCUT2D eigenvalue weighted by molar-refractivity contribution is 6.10. The third-order valence-corrected chi connectivity index (χ3v) is 3.29. The van der Waals surface area contributed by atoms with Crippen LogP contribution in [0.5, 0.6) is 0 Å². The number of nitriles is 1. The number of rotatable bonds is 2. The van der Waals surface area contributed by atoms with Gasteiger partial charge in [0.2, 0.25) is 0 Å². The van der Waals surface area contributed by atoms with Crippen molar-refractivity contribution in [1.29, 1.82) is 5.26 Å². The summed E-state index contributed by atoms with van der Waals surface area (Å²) >= 11 is 0. The number of hydrogen-bond donors (Lipinski definition) is 0. The Bertz CT molecular complexity index is 860. The molecule has 0 amide bonds. The highest BCUT2D eigenvalue weighted by atomic mass is 16.6. The first kappa shape index (κ1) is 13.5. The number of non-ortho nitro benzene ring substituents is 1. The van der Waals surface area contributed by atoms with Crippen LogP contribution in [-0.4, -0.2) is 10.9 Å². The molecule has 106 valence electrons. The Balaban J connectivity index is 2.14. The van der Waals surface area contributed by atoms with E-state index in [9.17, 15) is 20.2 Å². The number of nitro benzene ring substituents is 1. The minimum Gasteiger partial charge on any atom is -0.421 e. The molecule has 0 saturated carbocycles. The number of hydrogen-bond acceptors (Lipinski definition) is 5. The molecule has 1 aliphatic heterocycles. The molecule has 0 atom stereocenters. The van der Waals surface area contributed by atoms with Gasteiger partial charge in [0.25, 0.3) is 5.69 Å². The molecule has 0 aliphatic carbocycles. The number of nitro groups is 1. The summed E-state index contributed by atoms with van der Waals surface area (Å²) in [5.41, 5.74) is 1.48. The van der Waals surface area contributed by atoms with Crippen LogP contribution < -0.4 is 0 Å². The minimum absolute atomic E-state index is 0.0742. The van der Waals surface area contributed by atoms with Gasteiger partial charge >= 0.3 is 5.97 Å². The number of cyclic esters (lactones) is 1. The van der Waals surface area contributed by atoms with E-state index in [0.717, 1.165) is 0 Å². The van der Waals surface area contributed by atoms with Crippen molar-refractivity contribution in [2.45, 2.75) is 0 Å². The first-order chi connectivity index (χ1) is 10.6. The van der Waals surface area contributed by atoms with Crippen molar-refractivity contribution in [2.24, 2.45) is 0 Å². The van der Waals surface area contributed by atoms with Gasteiger partial charge in [0.15, 0.2) is 5.76 Å². The quantitative estimate of drug-likeness (QED) is 0.367. The number of benzene rings is 2. The van der Waals surface area contributed by atoms with Crippen LogP contribution in [0.3, 0.4) is 0 Å². The molecule has 0 radical (unpaired) electrons. The van der Waals surface area contributed by atoms with Crippen molar-refractivity contribution in [3.63, 3.8) is 0 Å². The molecule has 6 heteroatoms. The third-order valence-electron chi connectivity index (χ3n) is 3.29. The van der Waals surface area contributed by atoms with E-state index in [2.05, 4.69) is 0 Å². The van der Waals surface area contributed by atoms with Crippen molar-refractivity contribution >= 4 is 23.0 Å². The lowest BCUT2D eigenvalue weighted by Gasteiger charge is -2.04. The van der Waals surface area contributed by atoms with Gasteiger partial charge in [-0.05, 0) is 23.8 Å². The normalized spacial score (nSPS) is 14.8. The van der Waals surface area contributed by atoms with E-state index in [1.165, 1.54) is 24.3 Å². The maximum atomic E-state index is 11.8. The summed E-state index contributed by atoms with van der Waals surface area (Å²) in [5.74, 6) is -0.336. The predicted octanol–water partition coefficient (Wildman–Crippen LogP) is 3.16. The van der Waals surface area contributed by atoms with Gasteiger partial charge in [0.1, 0.15) is 11.6 Å². The number of ether oxygens (including phenoxy) is 1. The lowest BCUT2D eigenvalue weighted by atomic mass is 10.0. The van der Waals surface area contributed by atoms with Crippen LogP contribution in [-0.2, 0) is 4.74 Å². The second-order valence-electron chi connectivity index (χ2n) is 4.56. The number of carbonyl (C=O) groups excluding carboxylic acids is 1. The van der Waals surface area contributed by atoms with Gasteiger partial charge in [0, 0.05) is 17.7 Å². The highest BCUT2D eigenvalue weighted by Gasteiger charge is 2.29. The maximum Gasteiger partial charge on any atom is 0.344 e. The molecule has 0 spiro atoms. The van der Waals surface area contributed by atoms with E-state index in [-0.39, 0.29) is 17.0 Å². The van der Waals surface area contributed by atoms with Crippen LogP contribution >= 0.6 is 0 Å². The molecule has 0 unspecified atom stereocenters. The SMILES string of the molecule is N#CC(=C1OC(=O)c2ccccc21)c1ccc([N+](=O)[O-])cc1. The molecule has 0 N–H and O–H groups in total. The Morgan fingerprint density at radius 1 is 1.09 bits per heavy atom. The average Bonchev–Trinajstić information content (AvgIpc) is 2.86. The van der Waals surface area contributed by atoms with Crippen LogP contribution in [0.25, 0.3) is 11.3 Å². The standard InChI is InChI=1S/C16H8N2O4/c17-9-14(10-5-7-11(8-6-10)18(20)21)15-12-3-1-2-4-13(12)16(19)22-15/h1-8H. The molecule has 1 aliphatic rings. The summed E-state index contributed by atoms with van der Waals surface area (Å²) < 4.78 is 5.20. The van der Waals surface area contributed by atoms with E-state index >= 15 is 0 Å². The van der Waals surface area contributed by atoms with Crippen LogP contribution in [0.4, 0.5) is 5.69 Å². The number of carbonyl (C=O) groups is 1. The molecular formula is C16H8N2O4. The summed E-state index contributed by atoms with van der Waals surface area (Å²) in [6.07, 6.45) is 0. The monoisotopic (exact) mass is 292 g/mol. The molecule has 6 nitrogen and oxygen atoms in total. The van der Waals surface area contributed by atoms with Crippen molar-refractivity contribution in [2.75, 3.05) is 0 Å². The van der Waals surface area contributed by atoms with Gasteiger partial charge in [0.05, 0.1) is 10.5 Å². The Morgan fingerprint density at radius 2 is 1.73 bits per heavy atom. The molecule has 2 aromatic rings. The van der Waals surface area contributed by atoms with Crippen molar-refractivity contribution in [1.82, 2.24) is 0 Å². The first-order valence-electron chi connectivity index (χ1n) is 6.32. The van der Waals surface area contributed by atoms with Gasteiger partial charge < -0.3 is 4.74 Å². The maximum absolute atomic E-state index is 11.8. The summed E-state index contributed by atoms with van der Waals surface area (Å²) in [5, 5.41) is 20.1. The highest BCUT2D eigenvalue weighted by Crippen LogP contribution is 2.35. The Morgan fingerprint density at radius 3 is 2.32 bits per heavy atom. The second-order valence-corrected chi connectivity index (χ2v) is 4.56. The number of fused-ring (bicyclic) bond motifs is 1. The summed E-state index contributed by atoms with van der Waals surface area (Å²) in [4.78, 5) is 22.0. The average molecular weight is 292 g/mol. The fourth-order valence-corrected chi connectivity index (χ4v) is 2.24. The predicted molar refractivity (Wildman–Crippen MR) is 77.4 cm³/mol. The minimum atomic E-state index is -0.520. The molecular weight excluding hydrogens is 284 g/mol. The summed E-state index contributed by atoms with van der Waals surface area (Å²) in [6.45, 7) is 0. The molecule has 0 bridgehead atoms. The lowest BCUT2D eigenvalue weighted by Crippen LogP contribution is -1.94. The van der Waals surface area contributed by atoms with Gasteiger partial charge in [-0.1, -0.05) is 18.2 Å². The van der Waals surface area contributed by atoms with E-state index in [0.29, 0.717) is 16.7 Å². The van der Waals surface area contributed by atoms with Crippen LogP contribution in [0.15, 0.2) is 48.5 Å². The molecule has 0 aromatic heterocycles. The van der Waals surface area contributed by atoms with Crippen molar-refractivity contribution in [3.05, 3.63) is 75.3 Å². The molecule has 0 fully saturated rings. The number of allylic oxidation sites excluding steroid dienone is 1. The van der Waals surface area contributed by atoms with Gasteiger partial charge in [-0.15, -0.1) is 0 Å². The van der Waals surface area contributed by atoms with Crippen LogP contribution in [0.1, 0.15) is 21.5 Å². The fraction of sp³-hybridized carbons (Fsp3) is 0. The molecule has 1 heterocycles. The van der Waals surface area contributed by atoms with Crippen LogP contribution in [0, 0.1) is 21.4 Å². The largest absolute Gasteiger partial charge is 0.421 e. The lowest BCUT2D eigenvalue weighted by molar-refractivity contribution is -0.384. The Kier molecular flexibility index (Phi) is 3.16. The first-order valence-corrected chi connectivity index (χ1v) is 6.32. The summed E-state index contributed by atoms with van der Waals surface area (Å²) in [7, 11) is 0. The van der Waals surface area contributed by atoms with Crippen molar-refractivity contribution in [3.8, 4) is 6.07 Å². The number of nitrogens with zero attached hydrogens (tertiary/aromatic N) is 2. The number of esters is 1.